The maximum atomic E-state index is 12.9. The van der Waals surface area contributed by atoms with Gasteiger partial charge in [-0.1, -0.05) is 240 Å². The average Bonchev–Trinajstić information content (AvgIpc) is 1.57. The number of carbonyl (C=O) groups is 4. The van der Waals surface area contributed by atoms with Crippen LogP contribution in [-0.2, 0) is 0 Å². The molecule has 8 unspecified atom stereocenters. The molecule has 4 aliphatic heterocycles. The van der Waals surface area contributed by atoms with Gasteiger partial charge in [0.05, 0.1) is 33.9 Å². The Balaban J connectivity index is 0.000000205. The minimum atomic E-state index is -0.100. The first-order valence-corrected chi connectivity index (χ1v) is 47.6. The first-order valence-electron chi connectivity index (χ1n) is 47.6. The van der Waals surface area contributed by atoms with Crippen molar-refractivity contribution in [3.63, 3.8) is 0 Å². The van der Waals surface area contributed by atoms with E-state index in [-0.39, 0.29) is 59.6 Å². The van der Waals surface area contributed by atoms with Crippen LogP contribution in [0.2, 0.25) is 0 Å². The first-order chi connectivity index (χ1) is 64.1. The van der Waals surface area contributed by atoms with E-state index in [1.807, 2.05) is 329 Å². The van der Waals surface area contributed by atoms with E-state index in [4.69, 9.17) is 18.9 Å². The minimum Gasteiger partial charge on any atom is -0.457 e. The summed E-state index contributed by atoms with van der Waals surface area (Å²) in [6.07, 6.45) is 8.04. The molecule has 8 aromatic carbocycles. The van der Waals surface area contributed by atoms with Crippen molar-refractivity contribution in [3.8, 4) is 91.0 Å². The zero-order chi connectivity index (χ0) is 94.6. The molecule has 4 amide bonds. The highest BCUT2D eigenvalue weighted by Gasteiger charge is 2.60. The second-order valence-electron chi connectivity index (χ2n) is 32.0. The van der Waals surface area contributed by atoms with Crippen molar-refractivity contribution in [2.75, 3.05) is 74.0 Å². The fourth-order valence-electron chi connectivity index (χ4n) is 17.7. The van der Waals surface area contributed by atoms with E-state index in [0.717, 1.165) is 110 Å². The number of likely N-dealkylation sites (N-methyl/N-ethyl adjacent to an activating group) is 4. The highest BCUT2D eigenvalue weighted by atomic mass is 16.5. The number of hydrogen-bond donors (Lipinski definition) is 8. The molecule has 4 saturated heterocycles. The number of carbonyl (C=O) groups excluding carboxylic acids is 4. The van der Waals surface area contributed by atoms with Crippen LogP contribution in [0.3, 0.4) is 0 Å². The number of benzene rings is 8. The molecular weight excluding hydrogens is 1650 g/mol. The zero-order valence-corrected chi connectivity index (χ0v) is 80.8. The quantitative estimate of drug-likeness (QED) is 0.0352. The molecule has 24 heteroatoms. The number of rotatable bonds is 20. The summed E-state index contributed by atoms with van der Waals surface area (Å²) < 4.78 is 24.1. The normalized spacial score (nSPS) is 19.9. The van der Waals surface area contributed by atoms with Crippen molar-refractivity contribution in [1.29, 1.82) is 0 Å². The maximum Gasteiger partial charge on any atom is 0.269 e. The highest BCUT2D eigenvalue weighted by Crippen LogP contribution is 2.53. The van der Waals surface area contributed by atoms with E-state index in [2.05, 4.69) is 110 Å². The van der Waals surface area contributed by atoms with Crippen LogP contribution >= 0.6 is 0 Å². The van der Waals surface area contributed by atoms with Crippen molar-refractivity contribution in [2.45, 2.75) is 192 Å². The molecule has 1 spiro atoms. The summed E-state index contributed by atoms with van der Waals surface area (Å²) in [6, 6.07) is 77.4. The molecular formula is C108H146N16O8. The Kier molecular flexibility index (Phi) is 41.3. The van der Waals surface area contributed by atoms with Gasteiger partial charge >= 0.3 is 0 Å². The largest absolute Gasteiger partial charge is 0.457 e. The number of piperidine rings is 2. The fourth-order valence-corrected chi connectivity index (χ4v) is 17.7. The first kappa shape index (κ1) is 105. The molecule has 24 nitrogen and oxygen atoms in total. The molecule has 706 valence electrons. The van der Waals surface area contributed by atoms with Crippen LogP contribution < -0.4 is 40.2 Å². The lowest BCUT2D eigenvalue weighted by Crippen LogP contribution is -2.60. The summed E-state index contributed by atoms with van der Waals surface area (Å²) >= 11 is 0. The molecule has 12 aromatic rings. The Morgan fingerprint density at radius 1 is 0.341 bits per heavy atom. The molecule has 8 aliphatic rings. The molecule has 4 aromatic heterocycles. The predicted molar refractivity (Wildman–Crippen MR) is 537 cm³/mol. The van der Waals surface area contributed by atoms with Gasteiger partial charge in [0.1, 0.15) is 68.8 Å². The summed E-state index contributed by atoms with van der Waals surface area (Å²) in [7, 11) is 8.47. The van der Waals surface area contributed by atoms with E-state index in [0.29, 0.717) is 92.3 Å². The van der Waals surface area contributed by atoms with E-state index in [9.17, 15) is 19.2 Å². The van der Waals surface area contributed by atoms with Crippen LogP contribution in [0.25, 0.3) is 45.0 Å². The van der Waals surface area contributed by atoms with Crippen molar-refractivity contribution < 1.29 is 38.1 Å². The molecule has 8 N–H and O–H groups in total. The second kappa shape index (κ2) is 51.9. The number of para-hydroxylation sites is 8. The number of amides is 4. The van der Waals surface area contributed by atoms with E-state index in [1.165, 1.54) is 25.7 Å². The monoisotopic (exact) mass is 1800 g/mol. The molecule has 4 aliphatic carbocycles. The summed E-state index contributed by atoms with van der Waals surface area (Å²) in [5, 5.41) is 42.0. The van der Waals surface area contributed by atoms with E-state index >= 15 is 0 Å². The van der Waals surface area contributed by atoms with Crippen LogP contribution in [-0.4, -0.2) is 187 Å². The van der Waals surface area contributed by atoms with Crippen molar-refractivity contribution in [3.05, 3.63) is 265 Å². The molecule has 8 heterocycles. The van der Waals surface area contributed by atoms with Crippen LogP contribution in [0.1, 0.15) is 205 Å². The lowest BCUT2D eigenvalue weighted by atomic mass is 9.69. The van der Waals surface area contributed by atoms with Crippen molar-refractivity contribution in [1.82, 2.24) is 81.7 Å². The SMILES string of the molecule is C.CC.CC.CC.CC.CC.CC.CC.CC.CN1CC(NC(=O)c2cc(-c3ccccc3Oc3ccccc3)n[nH]2)C2(CC2)C1.CN1CC2CC2(NC(=O)c2cc(-c3ccccc3Oc3ccccc3)n[nH]2)C1.CN1CC2CCC1C2NC(=O)c1cc(-c2ccccc2Oc2ccccc2)n[nH]1.CN1CC2CCC2(NC(=O)c2cc(-c3ccccc3Oc3ccccc3)n[nH]2)C1. The fraction of sp³-hybridized carbons (Fsp3) is 0.407. The van der Waals surface area contributed by atoms with Gasteiger partial charge in [0.15, 0.2) is 0 Å². The molecule has 8 atom stereocenters. The Morgan fingerprint density at radius 2 is 0.652 bits per heavy atom. The maximum absolute atomic E-state index is 12.9. The molecule has 8 fully saturated rings. The Bertz CT molecular complexity index is 5290. The topological polar surface area (TPSA) is 281 Å². The van der Waals surface area contributed by atoms with Crippen LogP contribution in [0.5, 0.6) is 46.0 Å². The van der Waals surface area contributed by atoms with Gasteiger partial charge in [-0.3, -0.25) is 39.6 Å². The lowest BCUT2D eigenvalue weighted by molar-refractivity contribution is 0.0755. The second-order valence-corrected chi connectivity index (χ2v) is 32.0. The van der Waals surface area contributed by atoms with Crippen LogP contribution in [0.4, 0.5) is 0 Å². The molecule has 4 saturated carbocycles. The van der Waals surface area contributed by atoms with Crippen LogP contribution in [0.15, 0.2) is 243 Å². The van der Waals surface area contributed by atoms with Gasteiger partial charge in [-0.2, -0.15) is 20.4 Å². The standard InChI is InChI=1S/3C23H24N4O2.C22H22N4O2.8C2H6.CH4/c1-27-14-16-11-12-23(16,15-27)24-22(28)20-13-19(25-26-20)18-9-5-6-10-21(18)29-17-7-3-2-4-8-17;1-27-14-21(23(15-27)11-12-23)24-22(28)19-13-18(25-26-19)17-9-5-6-10-20(17)29-16-7-3-2-4-8-16;1-27-14-15-11-12-20(27)22(15)24-23(28)19-13-18(25-26-19)17-9-5-6-10-21(17)29-16-7-3-2-4-8-16;1-26-13-15-12-22(15,14-26)23-21(27)19-11-18(24-25-19)17-9-5-6-10-20(17)28-16-7-3-2-4-8-16;8*1-2;/h2-10,13,16H,11-12,14-15H2,1H3,(H,24,28)(H,25,26);2-10,13,21H,11-12,14-15H2,1H3,(H,24,28)(H,25,26);2-10,13,15,20,22H,11-12,14H2,1H3,(H,24,28)(H,25,26);2-11,15H,12-14H2,1H3,(H,23,27)(H,24,25);8*1-2H3;1H4. The number of H-pyrrole nitrogens is 4. The van der Waals surface area contributed by atoms with Gasteiger partial charge in [-0.05, 0) is 212 Å². The third kappa shape index (κ3) is 26.5. The number of aromatic nitrogens is 8. The van der Waals surface area contributed by atoms with E-state index in [1.54, 1.807) is 24.3 Å². The number of likely N-dealkylation sites (tertiary alicyclic amines) is 4. The molecule has 132 heavy (non-hydrogen) atoms. The van der Waals surface area contributed by atoms with E-state index < -0.39 is 0 Å². The number of aromatic amines is 4. The Morgan fingerprint density at radius 3 is 0.962 bits per heavy atom. The van der Waals surface area contributed by atoms with Crippen molar-refractivity contribution >= 4 is 23.6 Å². The van der Waals surface area contributed by atoms with Gasteiger partial charge in [-0.25, -0.2) is 0 Å². The van der Waals surface area contributed by atoms with Gasteiger partial charge in [0.25, 0.3) is 23.6 Å². The Labute approximate surface area is 785 Å². The number of fused-ring (bicyclic) bond motifs is 4. The third-order valence-electron chi connectivity index (χ3n) is 23.8. The van der Waals surface area contributed by atoms with Gasteiger partial charge in [-0.15, -0.1) is 0 Å². The van der Waals surface area contributed by atoms with Gasteiger partial charge in [0, 0.05) is 91.6 Å². The third-order valence-corrected chi connectivity index (χ3v) is 23.8. The zero-order valence-electron chi connectivity index (χ0n) is 80.8. The molecule has 20 rings (SSSR count). The molecule has 0 radical (unpaired) electrons. The highest BCUT2D eigenvalue weighted by molar-refractivity contribution is 5.96. The van der Waals surface area contributed by atoms with Gasteiger partial charge in [0.2, 0.25) is 0 Å². The molecule has 2 bridgehead atoms. The number of nitrogens with one attached hydrogen (secondary N) is 8. The number of ether oxygens (including phenoxy) is 4. The minimum absolute atomic E-state index is 0. The summed E-state index contributed by atoms with van der Waals surface area (Å²) in [6.45, 7) is 39.0. The number of hydrogen-bond acceptors (Lipinski definition) is 16. The summed E-state index contributed by atoms with van der Waals surface area (Å²) in [5.41, 5.74) is 8.15. The van der Waals surface area contributed by atoms with Crippen molar-refractivity contribution in [2.24, 2.45) is 23.2 Å². The summed E-state index contributed by atoms with van der Waals surface area (Å²) in [5.74, 6) is 7.13. The lowest BCUT2D eigenvalue weighted by Gasteiger charge is -2.44. The predicted octanol–water partition coefficient (Wildman–Crippen LogP) is 23.2. The van der Waals surface area contributed by atoms with Gasteiger partial charge < -0.3 is 59.8 Å². The average molecular weight is 1800 g/mol. The van der Waals surface area contributed by atoms with Crippen LogP contribution in [0, 0.1) is 23.2 Å². The Hall–Kier alpha value is -12.5. The smallest absolute Gasteiger partial charge is 0.269 e. The number of nitrogens with zero attached hydrogens (tertiary/aromatic N) is 8. The summed E-state index contributed by atoms with van der Waals surface area (Å²) in [4.78, 5) is 60.5.